The van der Waals surface area contributed by atoms with E-state index in [1.807, 2.05) is 18.2 Å². The van der Waals surface area contributed by atoms with E-state index in [0.717, 1.165) is 23.5 Å². The normalized spacial score (nSPS) is 16.5. The van der Waals surface area contributed by atoms with Crippen LogP contribution in [0.5, 0.6) is 11.5 Å². The predicted molar refractivity (Wildman–Crippen MR) is 79.3 cm³/mol. The maximum atomic E-state index is 11.9. The monoisotopic (exact) mass is 302 g/mol. The molecule has 1 amide bonds. The van der Waals surface area contributed by atoms with Gasteiger partial charge in [0.25, 0.3) is 5.91 Å². The Hall–Kier alpha value is -2.50. The zero-order chi connectivity index (χ0) is 15.5. The summed E-state index contributed by atoms with van der Waals surface area (Å²) in [5, 5.41) is 6.56. The van der Waals surface area contributed by atoms with Crippen LogP contribution in [0.25, 0.3) is 0 Å². The predicted octanol–water partition coefficient (Wildman–Crippen LogP) is 1.97. The van der Waals surface area contributed by atoms with Gasteiger partial charge in [-0.25, -0.2) is 0 Å². The number of carbonyl (C=O) groups excluding carboxylic acids is 1. The summed E-state index contributed by atoms with van der Waals surface area (Å²) in [6.07, 6.45) is 0.856. The van der Waals surface area contributed by atoms with Gasteiger partial charge in [0.05, 0.1) is 19.4 Å². The number of hydrogen-bond donors (Lipinski definition) is 1. The van der Waals surface area contributed by atoms with Gasteiger partial charge in [-0.05, 0) is 25.0 Å². The average molecular weight is 302 g/mol. The summed E-state index contributed by atoms with van der Waals surface area (Å²) in [6.45, 7) is 2.88. The van der Waals surface area contributed by atoms with Crippen LogP contribution in [0.1, 0.15) is 21.8 Å². The second kappa shape index (κ2) is 6.09. The molecule has 1 aromatic heterocycles. The van der Waals surface area contributed by atoms with Gasteiger partial charge in [-0.3, -0.25) is 4.79 Å². The Morgan fingerprint density at radius 3 is 3.05 bits per heavy atom. The summed E-state index contributed by atoms with van der Waals surface area (Å²) in [7, 11) is 1.63. The van der Waals surface area contributed by atoms with E-state index in [4.69, 9.17) is 14.0 Å². The van der Waals surface area contributed by atoms with Gasteiger partial charge >= 0.3 is 0 Å². The summed E-state index contributed by atoms with van der Waals surface area (Å²) in [5.41, 5.74) is 1.82. The minimum atomic E-state index is -0.249. The van der Waals surface area contributed by atoms with Gasteiger partial charge in [0.1, 0.15) is 11.5 Å². The van der Waals surface area contributed by atoms with Crippen molar-refractivity contribution in [1.82, 2.24) is 10.5 Å². The van der Waals surface area contributed by atoms with Gasteiger partial charge in [-0.15, -0.1) is 0 Å². The third-order valence-corrected chi connectivity index (χ3v) is 3.66. The number of nitrogens with one attached hydrogen (secondary N) is 1. The van der Waals surface area contributed by atoms with Crippen LogP contribution < -0.4 is 14.8 Å². The first kappa shape index (κ1) is 14.4. The van der Waals surface area contributed by atoms with Crippen LogP contribution in [0.2, 0.25) is 0 Å². The number of fused-ring (bicyclic) bond motifs is 1. The lowest BCUT2D eigenvalue weighted by atomic mass is 9.96. The van der Waals surface area contributed by atoms with Gasteiger partial charge < -0.3 is 19.3 Å². The van der Waals surface area contributed by atoms with Crippen molar-refractivity contribution in [2.24, 2.45) is 5.92 Å². The number of carbonyl (C=O) groups is 1. The van der Waals surface area contributed by atoms with E-state index in [0.29, 0.717) is 18.8 Å². The summed E-state index contributed by atoms with van der Waals surface area (Å²) in [6, 6.07) is 7.43. The summed E-state index contributed by atoms with van der Waals surface area (Å²) in [5.74, 6) is 1.85. The largest absolute Gasteiger partial charge is 0.497 e. The molecule has 6 heteroatoms. The zero-order valence-corrected chi connectivity index (χ0v) is 12.6. The van der Waals surface area contributed by atoms with Crippen LogP contribution in [-0.4, -0.2) is 31.3 Å². The molecule has 0 bridgehead atoms. The van der Waals surface area contributed by atoms with E-state index < -0.39 is 0 Å². The van der Waals surface area contributed by atoms with Gasteiger partial charge in [-0.2, -0.15) is 0 Å². The summed E-state index contributed by atoms with van der Waals surface area (Å²) < 4.78 is 15.9. The van der Waals surface area contributed by atoms with E-state index in [9.17, 15) is 4.79 Å². The second-order valence-corrected chi connectivity index (χ2v) is 5.40. The van der Waals surface area contributed by atoms with Crippen LogP contribution in [0, 0.1) is 12.8 Å². The Morgan fingerprint density at radius 2 is 2.32 bits per heavy atom. The van der Waals surface area contributed by atoms with E-state index in [-0.39, 0.29) is 17.6 Å². The number of ether oxygens (including phenoxy) is 2. The Labute approximate surface area is 128 Å². The highest BCUT2D eigenvalue weighted by Gasteiger charge is 2.22. The minimum absolute atomic E-state index is 0.230. The number of methoxy groups -OCH3 is 1. The van der Waals surface area contributed by atoms with E-state index in [2.05, 4.69) is 10.5 Å². The fourth-order valence-corrected chi connectivity index (χ4v) is 2.47. The van der Waals surface area contributed by atoms with Crippen molar-refractivity contribution < 1.29 is 18.8 Å². The zero-order valence-electron chi connectivity index (χ0n) is 12.6. The number of amides is 1. The molecular weight excluding hydrogens is 284 g/mol. The molecule has 1 aliphatic heterocycles. The van der Waals surface area contributed by atoms with Crippen LogP contribution in [0.15, 0.2) is 28.8 Å². The Kier molecular flexibility index (Phi) is 4.00. The molecule has 0 fully saturated rings. The van der Waals surface area contributed by atoms with Crippen LogP contribution in [-0.2, 0) is 6.42 Å². The highest BCUT2D eigenvalue weighted by Crippen LogP contribution is 2.30. The minimum Gasteiger partial charge on any atom is -0.497 e. The van der Waals surface area contributed by atoms with Gasteiger partial charge in [-0.1, -0.05) is 11.2 Å². The van der Waals surface area contributed by atoms with Crippen molar-refractivity contribution >= 4 is 5.91 Å². The third-order valence-electron chi connectivity index (χ3n) is 3.66. The van der Waals surface area contributed by atoms with Gasteiger partial charge in [0, 0.05) is 24.6 Å². The molecule has 0 saturated heterocycles. The first-order chi connectivity index (χ1) is 10.7. The molecule has 1 aliphatic rings. The van der Waals surface area contributed by atoms with Crippen LogP contribution >= 0.6 is 0 Å². The molecule has 1 atom stereocenters. The number of hydrogen-bond acceptors (Lipinski definition) is 5. The highest BCUT2D eigenvalue weighted by molar-refractivity contribution is 5.91. The molecule has 0 unspecified atom stereocenters. The lowest BCUT2D eigenvalue weighted by molar-refractivity contribution is 0.0902. The van der Waals surface area contributed by atoms with Crippen molar-refractivity contribution in [2.75, 3.05) is 20.3 Å². The lowest BCUT2D eigenvalue weighted by Gasteiger charge is -2.25. The molecular formula is C16H18N2O4. The van der Waals surface area contributed by atoms with Gasteiger partial charge in [0.15, 0.2) is 0 Å². The molecule has 3 rings (SSSR count). The van der Waals surface area contributed by atoms with Crippen molar-refractivity contribution in [1.29, 1.82) is 0 Å². The van der Waals surface area contributed by atoms with E-state index in [1.165, 1.54) is 0 Å². The number of rotatable bonds is 4. The van der Waals surface area contributed by atoms with Crippen molar-refractivity contribution in [3.63, 3.8) is 0 Å². The average Bonchev–Trinajstić information content (AvgIpc) is 2.98. The van der Waals surface area contributed by atoms with E-state index in [1.54, 1.807) is 20.1 Å². The third kappa shape index (κ3) is 3.05. The fraction of sp³-hybridized carbons (Fsp3) is 0.375. The molecule has 2 heterocycles. The van der Waals surface area contributed by atoms with Crippen molar-refractivity contribution in [3.05, 3.63) is 41.3 Å². The number of benzene rings is 1. The Bertz CT molecular complexity index is 681. The number of aryl methyl sites for hydroxylation is 1. The maximum Gasteiger partial charge on any atom is 0.289 e. The van der Waals surface area contributed by atoms with Crippen molar-refractivity contribution in [3.8, 4) is 11.5 Å². The SMILES string of the molecule is COc1ccc2c(c1)OC[C@@H](CNC(=O)c1cc(C)no1)C2. The maximum absolute atomic E-state index is 11.9. The molecule has 116 valence electrons. The fourth-order valence-electron chi connectivity index (χ4n) is 2.47. The molecule has 0 spiro atoms. The lowest BCUT2D eigenvalue weighted by Crippen LogP contribution is -2.34. The standard InChI is InChI=1S/C16H18N2O4/c1-10-5-15(22-18-10)16(19)17-8-11-6-12-3-4-13(20-2)7-14(12)21-9-11/h3-5,7,11H,6,8-9H2,1-2H3,(H,17,19)/t11-/m1/s1. The van der Waals surface area contributed by atoms with Crippen LogP contribution in [0.4, 0.5) is 0 Å². The molecule has 0 radical (unpaired) electrons. The Balaban J connectivity index is 1.57. The second-order valence-electron chi connectivity index (χ2n) is 5.40. The van der Waals surface area contributed by atoms with Crippen LogP contribution in [0.3, 0.4) is 0 Å². The molecule has 2 aromatic rings. The molecule has 1 N–H and O–H groups in total. The Morgan fingerprint density at radius 1 is 1.45 bits per heavy atom. The molecule has 6 nitrogen and oxygen atoms in total. The quantitative estimate of drug-likeness (QED) is 0.934. The first-order valence-corrected chi connectivity index (χ1v) is 7.17. The highest BCUT2D eigenvalue weighted by atomic mass is 16.5. The summed E-state index contributed by atoms with van der Waals surface area (Å²) in [4.78, 5) is 11.9. The van der Waals surface area contributed by atoms with E-state index >= 15 is 0 Å². The molecule has 0 aliphatic carbocycles. The molecule has 1 aromatic carbocycles. The summed E-state index contributed by atoms with van der Waals surface area (Å²) >= 11 is 0. The molecule has 22 heavy (non-hydrogen) atoms. The smallest absolute Gasteiger partial charge is 0.289 e. The number of nitrogens with zero attached hydrogens (tertiary/aromatic N) is 1. The molecule has 0 saturated carbocycles. The topological polar surface area (TPSA) is 73.6 Å². The van der Waals surface area contributed by atoms with Gasteiger partial charge in [0.2, 0.25) is 5.76 Å². The van der Waals surface area contributed by atoms with Crippen molar-refractivity contribution in [2.45, 2.75) is 13.3 Å². The first-order valence-electron chi connectivity index (χ1n) is 7.17. The number of aromatic nitrogens is 1.